The average molecular weight is 449 g/mol. The van der Waals surface area contributed by atoms with E-state index in [2.05, 4.69) is 37.5 Å². The van der Waals surface area contributed by atoms with Crippen LogP contribution in [0.25, 0.3) is 0 Å². The van der Waals surface area contributed by atoms with Crippen LogP contribution in [-0.4, -0.2) is 16.1 Å². The number of aromatic nitrogens is 2. The molecule has 0 saturated carbocycles. The number of fused-ring (bicyclic) bond motifs is 5. The molecule has 172 valence electrons. The molecule has 2 aliphatic rings. The number of rotatable bonds is 5. The van der Waals surface area contributed by atoms with Crippen LogP contribution in [0.5, 0.6) is 0 Å². The first kappa shape index (κ1) is 21.8. The van der Waals surface area contributed by atoms with Gasteiger partial charge in [0.25, 0.3) is 0 Å². The Bertz CT molecular complexity index is 1180. The lowest BCUT2D eigenvalue weighted by atomic mass is 9.52. The highest BCUT2D eigenvalue weighted by molar-refractivity contribution is 5.86. The van der Waals surface area contributed by atoms with Gasteiger partial charge in [0.15, 0.2) is 11.6 Å². The van der Waals surface area contributed by atoms with E-state index in [4.69, 9.17) is 9.97 Å². The largest absolute Gasteiger partial charge is 0.301 e. The Hall–Kier alpha value is -3.02. The van der Waals surface area contributed by atoms with Gasteiger partial charge < -0.3 is 9.80 Å². The summed E-state index contributed by atoms with van der Waals surface area (Å²) in [5, 5.41) is 0. The van der Waals surface area contributed by atoms with E-state index < -0.39 is 0 Å². The predicted octanol–water partition coefficient (Wildman–Crippen LogP) is 7.25. The molecule has 0 fully saturated rings. The normalized spacial score (nSPS) is 25.6. The Morgan fingerprint density at radius 2 is 1.48 bits per heavy atom. The lowest BCUT2D eigenvalue weighted by molar-refractivity contribution is 0.0719. The quantitative estimate of drug-likeness (QED) is 0.411. The maximum Gasteiger partial charge on any atom is 0.178 e. The zero-order chi connectivity index (χ0) is 23.4. The fourth-order valence-corrected chi connectivity index (χ4v) is 6.49. The highest BCUT2D eigenvalue weighted by Gasteiger charge is 2.62. The first-order valence-corrected chi connectivity index (χ1v) is 11.9. The second kappa shape index (κ2) is 7.79. The molecule has 3 heterocycles. The van der Waals surface area contributed by atoms with Crippen LogP contribution < -0.4 is 9.80 Å². The smallest absolute Gasteiger partial charge is 0.178 e. The summed E-state index contributed by atoms with van der Waals surface area (Å²) >= 11 is 0. The highest BCUT2D eigenvalue weighted by atomic mass is 19.1. The van der Waals surface area contributed by atoms with Crippen molar-refractivity contribution in [2.24, 2.45) is 5.41 Å². The summed E-state index contributed by atoms with van der Waals surface area (Å²) in [5.74, 6) is 1.01. The fourth-order valence-electron chi connectivity index (χ4n) is 6.49. The van der Waals surface area contributed by atoms with Crippen molar-refractivity contribution in [3.63, 3.8) is 0 Å². The van der Waals surface area contributed by atoms with Gasteiger partial charge in [0.05, 0.1) is 0 Å². The van der Waals surface area contributed by atoms with E-state index >= 15 is 0 Å². The molecule has 0 N–H and O–H groups in total. The van der Waals surface area contributed by atoms with Crippen molar-refractivity contribution in [2.45, 2.75) is 65.0 Å². The van der Waals surface area contributed by atoms with Crippen LogP contribution in [0.15, 0.2) is 54.9 Å². The van der Waals surface area contributed by atoms with Crippen LogP contribution >= 0.6 is 0 Å². The van der Waals surface area contributed by atoms with Gasteiger partial charge in [-0.1, -0.05) is 34.1 Å². The van der Waals surface area contributed by atoms with Gasteiger partial charge in [-0.25, -0.2) is 18.7 Å². The minimum Gasteiger partial charge on any atom is -0.301 e. The number of anilines is 4. The Balaban J connectivity index is 1.86. The number of hydrogen-bond acceptors (Lipinski definition) is 4. The molecule has 2 aromatic carbocycles. The molecule has 0 radical (unpaired) electrons. The van der Waals surface area contributed by atoms with E-state index in [0.29, 0.717) is 0 Å². The van der Waals surface area contributed by atoms with Crippen molar-refractivity contribution in [1.82, 2.24) is 9.97 Å². The molecule has 0 amide bonds. The zero-order valence-corrected chi connectivity index (χ0v) is 19.6. The Labute approximate surface area is 194 Å². The van der Waals surface area contributed by atoms with E-state index in [1.807, 2.05) is 6.07 Å². The third-order valence-corrected chi connectivity index (χ3v) is 8.12. The predicted molar refractivity (Wildman–Crippen MR) is 128 cm³/mol. The molecular formula is C27H30F2N4. The fraction of sp³-hybridized carbons (Fsp3) is 0.407. The van der Waals surface area contributed by atoms with Crippen LogP contribution in [0.1, 0.15) is 58.9 Å². The van der Waals surface area contributed by atoms with Crippen LogP contribution in [0.2, 0.25) is 0 Å². The number of nitrogens with zero attached hydrogens (tertiary/aromatic N) is 4. The molecule has 0 aliphatic carbocycles. The maximum atomic E-state index is 14.7. The monoisotopic (exact) mass is 448 g/mol. The SMILES string of the molecule is CCCC1(CC)c2cc(F)ccc2N2c3nccnc3N(c3ccc(F)cc3)C2C1(C)CC. The molecule has 5 rings (SSSR count). The van der Waals surface area contributed by atoms with Gasteiger partial charge >= 0.3 is 0 Å². The van der Waals surface area contributed by atoms with Crippen LogP contribution in [0, 0.1) is 17.0 Å². The lowest BCUT2D eigenvalue weighted by Gasteiger charge is -2.60. The van der Waals surface area contributed by atoms with E-state index in [1.54, 1.807) is 30.6 Å². The van der Waals surface area contributed by atoms with Crippen molar-refractivity contribution in [3.8, 4) is 0 Å². The van der Waals surface area contributed by atoms with Crippen LogP contribution in [0.3, 0.4) is 0 Å². The molecule has 2 aliphatic heterocycles. The third kappa shape index (κ3) is 2.85. The summed E-state index contributed by atoms with van der Waals surface area (Å²) in [6.07, 6.45) is 6.97. The van der Waals surface area contributed by atoms with Gasteiger partial charge in [-0.15, -0.1) is 0 Å². The number of hydrogen-bond donors (Lipinski definition) is 0. The van der Waals surface area contributed by atoms with Crippen molar-refractivity contribution >= 4 is 23.0 Å². The van der Waals surface area contributed by atoms with Crippen molar-refractivity contribution in [2.75, 3.05) is 9.80 Å². The van der Waals surface area contributed by atoms with Crippen LogP contribution in [-0.2, 0) is 5.41 Å². The second-order valence-electron chi connectivity index (χ2n) is 9.41. The number of halogens is 2. The van der Waals surface area contributed by atoms with E-state index in [0.717, 1.165) is 54.3 Å². The van der Waals surface area contributed by atoms with Crippen LogP contribution in [0.4, 0.5) is 31.8 Å². The first-order chi connectivity index (χ1) is 15.9. The van der Waals surface area contributed by atoms with Gasteiger partial charge in [-0.3, -0.25) is 0 Å². The van der Waals surface area contributed by atoms with Crippen molar-refractivity contribution in [3.05, 3.63) is 72.1 Å². The summed E-state index contributed by atoms with van der Waals surface area (Å²) in [6, 6.07) is 11.7. The Morgan fingerprint density at radius 3 is 2.09 bits per heavy atom. The van der Waals surface area contributed by atoms with Crippen molar-refractivity contribution < 1.29 is 8.78 Å². The molecule has 0 spiro atoms. The minimum atomic E-state index is -0.272. The first-order valence-electron chi connectivity index (χ1n) is 11.9. The average Bonchev–Trinajstić information content (AvgIpc) is 3.18. The summed E-state index contributed by atoms with van der Waals surface area (Å²) in [6.45, 7) is 8.95. The lowest BCUT2D eigenvalue weighted by Crippen LogP contribution is -2.63. The molecule has 33 heavy (non-hydrogen) atoms. The van der Waals surface area contributed by atoms with Crippen molar-refractivity contribution in [1.29, 1.82) is 0 Å². The summed E-state index contributed by atoms with van der Waals surface area (Å²) < 4.78 is 28.5. The van der Waals surface area contributed by atoms with E-state index in [9.17, 15) is 8.78 Å². The summed E-state index contributed by atoms with van der Waals surface area (Å²) in [5.41, 5.74) is 2.39. The van der Waals surface area contributed by atoms with Gasteiger partial charge in [0.1, 0.15) is 17.8 Å². The molecule has 3 unspecified atom stereocenters. The molecular weight excluding hydrogens is 418 g/mol. The third-order valence-electron chi connectivity index (χ3n) is 8.12. The zero-order valence-electron chi connectivity index (χ0n) is 19.6. The van der Waals surface area contributed by atoms with E-state index in [1.165, 1.54) is 18.2 Å². The summed E-state index contributed by atoms with van der Waals surface area (Å²) in [4.78, 5) is 13.9. The second-order valence-corrected chi connectivity index (χ2v) is 9.41. The standard InChI is InChI=1S/C27H30F2N4/c1-5-14-27(7-3)21-17-19(29)10-13-22(21)33-24-23(30-15-16-31-24)32(25(33)26(27,4)6-2)20-11-8-18(28)9-12-20/h8-13,15-17,25H,5-7,14H2,1-4H3. The topological polar surface area (TPSA) is 32.3 Å². The molecule has 6 heteroatoms. The Morgan fingerprint density at radius 1 is 0.848 bits per heavy atom. The molecule has 4 nitrogen and oxygen atoms in total. The minimum absolute atomic E-state index is 0.130. The van der Waals surface area contributed by atoms with Gasteiger partial charge in [-0.05, 0) is 67.3 Å². The number of benzene rings is 2. The Kier molecular flexibility index (Phi) is 5.15. The molecule has 1 aromatic heterocycles. The summed E-state index contributed by atoms with van der Waals surface area (Å²) in [7, 11) is 0. The van der Waals surface area contributed by atoms with E-state index in [-0.39, 0.29) is 28.6 Å². The van der Waals surface area contributed by atoms with Gasteiger partial charge in [-0.2, -0.15) is 0 Å². The molecule has 0 bridgehead atoms. The highest BCUT2D eigenvalue weighted by Crippen LogP contribution is 2.65. The van der Waals surface area contributed by atoms with Gasteiger partial charge in [0.2, 0.25) is 0 Å². The van der Waals surface area contributed by atoms with Gasteiger partial charge in [0, 0.05) is 34.6 Å². The molecule has 3 aromatic rings. The molecule has 0 saturated heterocycles. The molecule has 3 atom stereocenters. The maximum absolute atomic E-state index is 14.7.